The maximum Gasteiger partial charge on any atom is 0.216 e. The number of benzene rings is 3. The van der Waals surface area contributed by atoms with E-state index in [1.165, 1.54) is 6.20 Å². The molecule has 0 N–H and O–H groups in total. The van der Waals surface area contributed by atoms with E-state index in [0.717, 1.165) is 44.4 Å². The van der Waals surface area contributed by atoms with Crippen LogP contribution in [0.3, 0.4) is 0 Å². The smallest absolute Gasteiger partial charge is 0.216 e. The molecule has 44 heavy (non-hydrogen) atoms. The second-order valence-electron chi connectivity index (χ2n) is 10.6. The zero-order valence-electron chi connectivity index (χ0n) is 28.9. The number of pyridine rings is 3. The Morgan fingerprint density at radius 2 is 1.59 bits per heavy atom. The third-order valence-corrected chi connectivity index (χ3v) is 7.38. The fourth-order valence-electron chi connectivity index (χ4n) is 5.25. The summed E-state index contributed by atoms with van der Waals surface area (Å²) < 4.78 is 38.4. The third kappa shape index (κ3) is 6.26. The van der Waals surface area contributed by atoms with Gasteiger partial charge >= 0.3 is 0 Å². The van der Waals surface area contributed by atoms with Crippen LogP contribution in [-0.2, 0) is 20.1 Å². The zero-order valence-corrected chi connectivity index (χ0v) is 27.3. The molecule has 0 atom stereocenters. The maximum absolute atomic E-state index is 8.52. The number of hydrogen-bond acceptors (Lipinski definition) is 4. The van der Waals surface area contributed by atoms with Gasteiger partial charge in [-0.2, -0.15) is 0 Å². The van der Waals surface area contributed by atoms with Gasteiger partial charge in [0.2, 0.25) is 5.71 Å². The number of fused-ring (bicyclic) bond motifs is 3. The number of rotatable bonds is 4. The zero-order chi connectivity index (χ0) is 33.3. The van der Waals surface area contributed by atoms with Crippen molar-refractivity contribution in [2.24, 2.45) is 0 Å². The fourth-order valence-corrected chi connectivity index (χ4v) is 5.25. The topological polar surface area (TPSA) is 51.8 Å². The molecule has 1 radical (unpaired) electrons. The number of aryl methyl sites for hydroxylation is 3. The van der Waals surface area contributed by atoms with Gasteiger partial charge in [-0.25, -0.2) is 4.98 Å². The second-order valence-corrected chi connectivity index (χ2v) is 10.6. The Kier molecular flexibility index (Phi) is 7.96. The minimum atomic E-state index is -2.36. The van der Waals surface area contributed by atoms with Crippen LogP contribution >= 0.6 is 0 Å². The molecule has 7 rings (SSSR count). The molecule has 0 aliphatic rings. The van der Waals surface area contributed by atoms with Gasteiger partial charge in [0.05, 0.1) is 11.3 Å². The monoisotopic (exact) mass is 756 g/mol. The van der Waals surface area contributed by atoms with Gasteiger partial charge in [0.1, 0.15) is 0 Å². The van der Waals surface area contributed by atoms with Crippen molar-refractivity contribution in [3.05, 3.63) is 138 Å². The molecular formula is C39H33IrN3O-2. The van der Waals surface area contributed by atoms with Crippen molar-refractivity contribution in [1.29, 1.82) is 0 Å². The molecule has 7 aromatic rings. The first-order chi connectivity index (χ1) is 22.4. The van der Waals surface area contributed by atoms with E-state index < -0.39 is 12.7 Å². The minimum Gasteiger partial charge on any atom is -0.486 e. The van der Waals surface area contributed by atoms with Crippen molar-refractivity contribution < 1.29 is 30.0 Å². The molecule has 3 aromatic carbocycles. The van der Waals surface area contributed by atoms with Crippen molar-refractivity contribution in [3.8, 4) is 33.8 Å². The quantitative estimate of drug-likeness (QED) is 0.168. The van der Waals surface area contributed by atoms with Crippen LogP contribution in [0.15, 0.2) is 108 Å². The van der Waals surface area contributed by atoms with E-state index in [1.807, 2.05) is 66.7 Å². The summed E-state index contributed by atoms with van der Waals surface area (Å²) in [5, 5.41) is 1.76. The van der Waals surface area contributed by atoms with Gasteiger partial charge < -0.3 is 14.4 Å². The van der Waals surface area contributed by atoms with Gasteiger partial charge in [0, 0.05) is 48.9 Å². The molecule has 0 spiro atoms. The van der Waals surface area contributed by atoms with Crippen molar-refractivity contribution in [1.82, 2.24) is 15.0 Å². The van der Waals surface area contributed by atoms with Crippen LogP contribution in [0.1, 0.15) is 47.5 Å². The average molecular weight is 756 g/mol. The average Bonchev–Trinajstić information content (AvgIpc) is 3.43. The molecule has 5 heteroatoms. The van der Waals surface area contributed by atoms with Gasteiger partial charge in [0.25, 0.3) is 0 Å². The summed E-state index contributed by atoms with van der Waals surface area (Å²) in [6.45, 7) is 5.12. The normalized spacial score (nSPS) is 12.7. The van der Waals surface area contributed by atoms with Crippen LogP contribution in [-0.4, -0.2) is 15.0 Å². The predicted molar refractivity (Wildman–Crippen MR) is 176 cm³/mol. The molecule has 0 aliphatic carbocycles. The first-order valence-corrected chi connectivity index (χ1v) is 14.1. The first kappa shape index (κ1) is 26.0. The molecule has 0 saturated carbocycles. The van der Waals surface area contributed by atoms with E-state index in [0.29, 0.717) is 28.1 Å². The van der Waals surface area contributed by atoms with Gasteiger partial charge in [-0.15, -0.1) is 54.1 Å². The van der Waals surface area contributed by atoms with Crippen LogP contribution in [0, 0.1) is 32.8 Å². The van der Waals surface area contributed by atoms with Gasteiger partial charge in [-0.1, -0.05) is 61.2 Å². The summed E-state index contributed by atoms with van der Waals surface area (Å²) in [5.41, 5.74) is 8.93. The van der Waals surface area contributed by atoms with Gasteiger partial charge in [-0.3, -0.25) is 0 Å². The van der Waals surface area contributed by atoms with E-state index in [2.05, 4.69) is 48.1 Å². The van der Waals surface area contributed by atoms with Crippen LogP contribution in [0.4, 0.5) is 0 Å². The Morgan fingerprint density at radius 3 is 2.30 bits per heavy atom. The molecule has 0 bridgehead atoms. The van der Waals surface area contributed by atoms with E-state index in [4.69, 9.17) is 14.9 Å². The Morgan fingerprint density at radius 1 is 0.773 bits per heavy atom. The predicted octanol–water partition coefficient (Wildman–Crippen LogP) is 10.1. The fraction of sp³-hybridized carbons (Fsp3) is 0.154. The van der Waals surface area contributed by atoms with Crippen LogP contribution in [0.25, 0.3) is 55.8 Å². The molecule has 0 fully saturated rings. The van der Waals surface area contributed by atoms with E-state index in [9.17, 15) is 0 Å². The number of hydrogen-bond donors (Lipinski definition) is 0. The standard InChI is InChI=1S/C28H25N2O.C11H8N.Ir/c1-16(2)23-14-25(29-15-19(23)5)22-11-7-10-20-21-12-13-24(30-28(21)31-27(20)22)26-17(3)8-6-9-18(26)4;1-2-6-10(7-3-1)11-8-4-5-9-12-11;/h6-10,12-16H,1-5H3;1-6,8-9H;/q2*-1;/i5D3,16D;;. The maximum atomic E-state index is 8.52. The van der Waals surface area contributed by atoms with Crippen molar-refractivity contribution in [2.75, 3.05) is 0 Å². The van der Waals surface area contributed by atoms with E-state index >= 15 is 0 Å². The number of nitrogens with zero attached hydrogens (tertiary/aromatic N) is 3. The Hall–Kier alpha value is -4.44. The Labute approximate surface area is 278 Å². The Bertz CT molecular complexity index is 2130. The SMILES string of the molecule is [2H]C([2H])([2H])c1cnc(-c2[c-]ccc3c2oc2nc(-c4c(C)cccc4C)ccc23)cc1C([2H])(C)C.[Ir].[c-]1ccccc1-c1ccccn1. The molecule has 4 nitrogen and oxygen atoms in total. The summed E-state index contributed by atoms with van der Waals surface area (Å²) >= 11 is 0. The van der Waals surface area contributed by atoms with Crippen LogP contribution in [0.5, 0.6) is 0 Å². The number of aromatic nitrogens is 3. The van der Waals surface area contributed by atoms with Crippen molar-refractivity contribution in [2.45, 2.75) is 40.4 Å². The summed E-state index contributed by atoms with van der Waals surface area (Å²) in [7, 11) is 0. The second kappa shape index (κ2) is 13.5. The molecular weight excluding hydrogens is 719 g/mol. The van der Waals surface area contributed by atoms with Crippen molar-refractivity contribution in [3.63, 3.8) is 0 Å². The van der Waals surface area contributed by atoms with Crippen LogP contribution < -0.4 is 0 Å². The Balaban J connectivity index is 0.000000291. The minimum absolute atomic E-state index is 0. The molecule has 0 saturated heterocycles. The van der Waals surface area contributed by atoms with E-state index in [-0.39, 0.29) is 25.7 Å². The third-order valence-electron chi connectivity index (χ3n) is 7.38. The van der Waals surface area contributed by atoms with Crippen molar-refractivity contribution >= 4 is 22.1 Å². The van der Waals surface area contributed by atoms with Gasteiger partial charge in [0.15, 0.2) is 0 Å². The first-order valence-electron chi connectivity index (χ1n) is 16.1. The largest absolute Gasteiger partial charge is 0.486 e. The van der Waals surface area contributed by atoms with E-state index in [1.54, 1.807) is 32.2 Å². The molecule has 0 aliphatic heterocycles. The summed E-state index contributed by atoms with van der Waals surface area (Å²) in [6.07, 6.45) is 3.14. The summed E-state index contributed by atoms with van der Waals surface area (Å²) in [5.74, 6) is -1.12. The molecule has 0 unspecified atom stereocenters. The van der Waals surface area contributed by atoms with Crippen LogP contribution in [0.2, 0.25) is 0 Å². The molecule has 221 valence electrons. The molecule has 4 heterocycles. The molecule has 4 aromatic heterocycles. The summed E-state index contributed by atoms with van der Waals surface area (Å²) in [4.78, 5) is 13.5. The summed E-state index contributed by atoms with van der Waals surface area (Å²) in [6, 6.07) is 35.6. The molecule has 0 amide bonds. The number of furan rings is 1. The van der Waals surface area contributed by atoms with Gasteiger partial charge in [-0.05, 0) is 78.4 Å².